The molecule has 0 saturated carbocycles. The Morgan fingerprint density at radius 1 is 1.29 bits per heavy atom. The highest BCUT2D eigenvalue weighted by molar-refractivity contribution is 7.16. The molecule has 1 atom stereocenters. The maximum Gasteiger partial charge on any atom is 0.128 e. The van der Waals surface area contributed by atoms with Crippen LogP contribution in [0.2, 0.25) is 4.34 Å². The second-order valence-electron chi connectivity index (χ2n) is 4.11. The third-order valence-corrected chi connectivity index (χ3v) is 4.31. The molecule has 17 heavy (non-hydrogen) atoms. The monoisotopic (exact) mass is 269 g/mol. The van der Waals surface area contributed by atoms with Crippen LogP contribution in [0, 0.1) is 19.7 Å². The summed E-state index contributed by atoms with van der Waals surface area (Å²) in [6, 6.07) is 6.55. The zero-order valence-corrected chi connectivity index (χ0v) is 11.2. The first-order chi connectivity index (χ1) is 7.99. The maximum absolute atomic E-state index is 13.8. The molecule has 1 aromatic heterocycles. The summed E-state index contributed by atoms with van der Waals surface area (Å²) in [5, 5.41) is 0. The maximum atomic E-state index is 13.8. The molecule has 4 heteroatoms. The third-order valence-electron chi connectivity index (χ3n) is 2.67. The Balaban J connectivity index is 2.39. The lowest BCUT2D eigenvalue weighted by atomic mass is 10.0. The summed E-state index contributed by atoms with van der Waals surface area (Å²) in [6.07, 6.45) is 0. The molecular weight excluding hydrogens is 257 g/mol. The van der Waals surface area contributed by atoms with Crippen LogP contribution in [-0.4, -0.2) is 0 Å². The van der Waals surface area contributed by atoms with Gasteiger partial charge in [0.1, 0.15) is 5.82 Å². The Kier molecular flexibility index (Phi) is 3.52. The summed E-state index contributed by atoms with van der Waals surface area (Å²) in [4.78, 5) is 0.884. The fourth-order valence-electron chi connectivity index (χ4n) is 1.67. The summed E-state index contributed by atoms with van der Waals surface area (Å²) in [7, 11) is 0. The molecule has 1 heterocycles. The van der Waals surface area contributed by atoms with Gasteiger partial charge in [-0.1, -0.05) is 23.7 Å². The van der Waals surface area contributed by atoms with Crippen LogP contribution < -0.4 is 5.73 Å². The van der Waals surface area contributed by atoms with Crippen molar-refractivity contribution < 1.29 is 4.39 Å². The fraction of sp³-hybridized carbons (Fsp3) is 0.231. The van der Waals surface area contributed by atoms with Crippen molar-refractivity contribution in [1.82, 2.24) is 0 Å². The summed E-state index contributed by atoms with van der Waals surface area (Å²) < 4.78 is 14.5. The van der Waals surface area contributed by atoms with Crippen LogP contribution in [0.1, 0.15) is 27.6 Å². The standard InChI is InChI=1S/C13H13ClFNS/c1-7-3-4-9(10(15)5-7)12(16)11-6-8(2)13(14)17-11/h3-6,12H,16H2,1-2H3. The molecule has 0 bridgehead atoms. The lowest BCUT2D eigenvalue weighted by molar-refractivity contribution is 0.600. The van der Waals surface area contributed by atoms with Gasteiger partial charge < -0.3 is 5.73 Å². The van der Waals surface area contributed by atoms with Gasteiger partial charge >= 0.3 is 0 Å². The van der Waals surface area contributed by atoms with Crippen LogP contribution in [-0.2, 0) is 0 Å². The van der Waals surface area contributed by atoms with Gasteiger partial charge in [-0.3, -0.25) is 0 Å². The van der Waals surface area contributed by atoms with Gasteiger partial charge in [0.2, 0.25) is 0 Å². The number of hydrogen-bond donors (Lipinski definition) is 1. The van der Waals surface area contributed by atoms with Crippen LogP contribution in [0.3, 0.4) is 0 Å². The number of nitrogens with two attached hydrogens (primary N) is 1. The van der Waals surface area contributed by atoms with Crippen molar-refractivity contribution in [3.05, 3.63) is 56.0 Å². The molecule has 2 N–H and O–H groups in total. The number of thiophene rings is 1. The molecular formula is C13H13ClFNS. The predicted octanol–water partition coefficient (Wildman–Crippen LogP) is 4.21. The van der Waals surface area contributed by atoms with Crippen LogP contribution in [0.25, 0.3) is 0 Å². The molecule has 1 nitrogen and oxygen atoms in total. The first kappa shape index (κ1) is 12.6. The second kappa shape index (κ2) is 4.77. The van der Waals surface area contributed by atoms with Crippen LogP contribution in [0.4, 0.5) is 4.39 Å². The SMILES string of the molecule is Cc1ccc(C(N)c2cc(C)c(Cl)s2)c(F)c1. The summed E-state index contributed by atoms with van der Waals surface area (Å²) in [5.74, 6) is -0.264. The number of halogens is 2. The van der Waals surface area contributed by atoms with Crippen molar-refractivity contribution >= 4 is 22.9 Å². The predicted molar refractivity (Wildman–Crippen MR) is 71.2 cm³/mol. The highest BCUT2D eigenvalue weighted by Crippen LogP contribution is 2.33. The van der Waals surface area contributed by atoms with Crippen LogP contribution in [0.5, 0.6) is 0 Å². The minimum Gasteiger partial charge on any atom is -0.320 e. The van der Waals surface area contributed by atoms with E-state index in [0.717, 1.165) is 16.0 Å². The van der Waals surface area contributed by atoms with E-state index in [2.05, 4.69) is 0 Å². The van der Waals surface area contributed by atoms with Crippen molar-refractivity contribution in [2.75, 3.05) is 0 Å². The van der Waals surface area contributed by atoms with E-state index in [1.165, 1.54) is 17.4 Å². The molecule has 0 aliphatic carbocycles. The lowest BCUT2D eigenvalue weighted by Gasteiger charge is -2.11. The van der Waals surface area contributed by atoms with Crippen molar-refractivity contribution in [3.63, 3.8) is 0 Å². The molecule has 0 aliphatic heterocycles. The van der Waals surface area contributed by atoms with E-state index in [9.17, 15) is 4.39 Å². The highest BCUT2D eigenvalue weighted by Gasteiger charge is 2.16. The van der Waals surface area contributed by atoms with Gasteiger partial charge in [-0.2, -0.15) is 0 Å². The van der Waals surface area contributed by atoms with E-state index >= 15 is 0 Å². The van der Waals surface area contributed by atoms with Crippen LogP contribution >= 0.6 is 22.9 Å². The van der Waals surface area contributed by atoms with Gasteiger partial charge in [-0.15, -0.1) is 11.3 Å². The average Bonchev–Trinajstić information content (AvgIpc) is 2.58. The molecule has 2 aromatic rings. The molecule has 2 rings (SSSR count). The highest BCUT2D eigenvalue weighted by atomic mass is 35.5. The summed E-state index contributed by atoms with van der Waals surface area (Å²) in [5.41, 5.74) is 8.44. The Bertz CT molecular complexity index is 531. The van der Waals surface area contributed by atoms with Crippen molar-refractivity contribution in [2.24, 2.45) is 5.73 Å². The Morgan fingerprint density at radius 3 is 2.53 bits per heavy atom. The van der Waals surface area contributed by atoms with Crippen molar-refractivity contribution in [3.8, 4) is 0 Å². The summed E-state index contributed by atoms with van der Waals surface area (Å²) in [6.45, 7) is 3.77. The van der Waals surface area contributed by atoms with E-state index in [0.29, 0.717) is 9.90 Å². The zero-order chi connectivity index (χ0) is 12.6. The number of aryl methyl sites for hydroxylation is 2. The van der Waals surface area contributed by atoms with Crippen molar-refractivity contribution in [1.29, 1.82) is 0 Å². The number of hydrogen-bond acceptors (Lipinski definition) is 2. The summed E-state index contributed by atoms with van der Waals surface area (Å²) >= 11 is 7.40. The quantitative estimate of drug-likeness (QED) is 0.869. The van der Waals surface area contributed by atoms with E-state index < -0.39 is 6.04 Å². The van der Waals surface area contributed by atoms with Gasteiger partial charge in [-0.25, -0.2) is 4.39 Å². The Morgan fingerprint density at radius 2 is 2.00 bits per heavy atom. The van der Waals surface area contributed by atoms with E-state index in [1.54, 1.807) is 6.07 Å². The van der Waals surface area contributed by atoms with E-state index in [4.69, 9.17) is 17.3 Å². The lowest BCUT2D eigenvalue weighted by Crippen LogP contribution is -2.12. The average molecular weight is 270 g/mol. The van der Waals surface area contributed by atoms with Gasteiger partial charge in [0.25, 0.3) is 0 Å². The molecule has 1 aromatic carbocycles. The van der Waals surface area contributed by atoms with Gasteiger partial charge in [0, 0.05) is 10.4 Å². The molecule has 0 aliphatic rings. The fourth-order valence-corrected chi connectivity index (χ4v) is 2.91. The van der Waals surface area contributed by atoms with Gasteiger partial charge in [-0.05, 0) is 37.1 Å². The smallest absolute Gasteiger partial charge is 0.128 e. The molecule has 0 spiro atoms. The van der Waals surface area contributed by atoms with Gasteiger partial charge in [0.05, 0.1) is 10.4 Å². The topological polar surface area (TPSA) is 26.0 Å². The number of rotatable bonds is 2. The minimum atomic E-state index is -0.452. The van der Waals surface area contributed by atoms with Crippen LogP contribution in [0.15, 0.2) is 24.3 Å². The molecule has 0 fully saturated rings. The van der Waals surface area contributed by atoms with Gasteiger partial charge in [0.15, 0.2) is 0 Å². The van der Waals surface area contributed by atoms with Crippen molar-refractivity contribution in [2.45, 2.75) is 19.9 Å². The molecule has 90 valence electrons. The largest absolute Gasteiger partial charge is 0.320 e. The first-order valence-corrected chi connectivity index (χ1v) is 6.46. The molecule has 1 unspecified atom stereocenters. The normalized spacial score (nSPS) is 12.8. The van der Waals surface area contributed by atoms with E-state index in [-0.39, 0.29) is 5.82 Å². The van der Waals surface area contributed by atoms with E-state index in [1.807, 2.05) is 26.0 Å². The molecule has 0 radical (unpaired) electrons. The zero-order valence-electron chi connectivity index (χ0n) is 9.63. The molecule has 0 amide bonds. The number of benzene rings is 1. The Labute approximate surface area is 109 Å². The third kappa shape index (κ3) is 2.51. The second-order valence-corrected chi connectivity index (χ2v) is 5.79. The molecule has 0 saturated heterocycles. The minimum absolute atomic E-state index is 0.264. The Hall–Kier alpha value is -0.900. The first-order valence-electron chi connectivity index (χ1n) is 5.26.